The van der Waals surface area contributed by atoms with Crippen molar-refractivity contribution in [1.82, 2.24) is 4.90 Å². The molecule has 104 valence electrons. The van der Waals surface area contributed by atoms with Gasteiger partial charge in [0.25, 0.3) is 0 Å². The van der Waals surface area contributed by atoms with E-state index in [2.05, 4.69) is 18.7 Å². The third-order valence-electron chi connectivity index (χ3n) is 5.90. The molecule has 18 heavy (non-hydrogen) atoms. The van der Waals surface area contributed by atoms with Crippen LogP contribution in [-0.4, -0.2) is 30.3 Å². The van der Waals surface area contributed by atoms with E-state index in [0.717, 1.165) is 30.5 Å². The lowest BCUT2D eigenvalue weighted by atomic mass is 9.73. The summed E-state index contributed by atoms with van der Waals surface area (Å²) >= 11 is 0. The van der Waals surface area contributed by atoms with Crippen LogP contribution in [0.15, 0.2) is 0 Å². The molecule has 2 heterocycles. The van der Waals surface area contributed by atoms with Crippen molar-refractivity contribution >= 4 is 0 Å². The number of nitrogens with zero attached hydrogens (tertiary/aromatic N) is 1. The van der Waals surface area contributed by atoms with Crippen LogP contribution < -0.4 is 0 Å². The third kappa shape index (κ3) is 2.34. The van der Waals surface area contributed by atoms with Gasteiger partial charge in [0.2, 0.25) is 0 Å². The second-order valence-corrected chi connectivity index (χ2v) is 6.83. The molecule has 0 radical (unpaired) electrons. The molecule has 1 aliphatic carbocycles. The highest BCUT2D eigenvalue weighted by Crippen LogP contribution is 2.41. The Balaban J connectivity index is 1.73. The minimum absolute atomic E-state index is 0.569. The quantitative estimate of drug-likeness (QED) is 0.705. The molecule has 0 aromatic rings. The average molecular weight is 251 g/mol. The minimum atomic E-state index is 0.569. The molecule has 3 aliphatic rings. The van der Waals surface area contributed by atoms with Crippen LogP contribution in [0.4, 0.5) is 0 Å². The van der Waals surface area contributed by atoms with Gasteiger partial charge in [0.15, 0.2) is 0 Å². The maximum Gasteiger partial charge on any atom is 0.0996 e. The van der Waals surface area contributed by atoms with E-state index in [0.29, 0.717) is 6.10 Å². The summed E-state index contributed by atoms with van der Waals surface area (Å²) in [7, 11) is 0. The summed E-state index contributed by atoms with van der Waals surface area (Å²) in [6.07, 6.45) is 10.3. The molecule has 2 aliphatic heterocycles. The molecule has 0 N–H and O–H groups in total. The first-order valence-electron chi connectivity index (χ1n) is 8.15. The Morgan fingerprint density at radius 1 is 1.11 bits per heavy atom. The largest absolute Gasteiger partial charge is 0.363 e. The van der Waals surface area contributed by atoms with Crippen molar-refractivity contribution in [3.8, 4) is 0 Å². The van der Waals surface area contributed by atoms with Gasteiger partial charge in [0.1, 0.15) is 0 Å². The van der Waals surface area contributed by atoms with E-state index in [1.807, 2.05) is 0 Å². The van der Waals surface area contributed by atoms with E-state index >= 15 is 0 Å². The Morgan fingerprint density at radius 2 is 1.94 bits per heavy atom. The third-order valence-corrected chi connectivity index (χ3v) is 5.90. The van der Waals surface area contributed by atoms with Gasteiger partial charge >= 0.3 is 0 Å². The van der Waals surface area contributed by atoms with Crippen molar-refractivity contribution in [3.63, 3.8) is 0 Å². The SMILES string of the molecule is CC[C@@H]1CC[C@@H]2[C@@H](C)[C@H]3CCCC[C@@H]3OCN2C1. The second-order valence-electron chi connectivity index (χ2n) is 6.83. The van der Waals surface area contributed by atoms with E-state index in [-0.39, 0.29) is 0 Å². The Morgan fingerprint density at radius 3 is 2.78 bits per heavy atom. The molecule has 3 rings (SSSR count). The Kier molecular flexibility index (Phi) is 3.95. The van der Waals surface area contributed by atoms with Gasteiger partial charge in [-0.1, -0.05) is 33.1 Å². The predicted octanol–water partition coefficient (Wildman–Crippen LogP) is 3.66. The maximum absolute atomic E-state index is 6.27. The molecule has 0 aromatic heterocycles. The monoisotopic (exact) mass is 251 g/mol. The molecule has 3 fully saturated rings. The average Bonchev–Trinajstić information content (AvgIpc) is 2.57. The minimum Gasteiger partial charge on any atom is -0.363 e. The fourth-order valence-electron chi connectivity index (χ4n) is 4.64. The molecule has 2 saturated heterocycles. The molecule has 1 saturated carbocycles. The summed E-state index contributed by atoms with van der Waals surface area (Å²) < 4.78 is 6.27. The van der Waals surface area contributed by atoms with Crippen LogP contribution >= 0.6 is 0 Å². The second kappa shape index (κ2) is 5.50. The Labute approximate surface area is 112 Å². The fraction of sp³-hybridized carbons (Fsp3) is 1.00. The highest BCUT2D eigenvalue weighted by molar-refractivity contribution is 4.92. The number of hydrogen-bond donors (Lipinski definition) is 0. The number of hydrogen-bond acceptors (Lipinski definition) is 2. The lowest BCUT2D eigenvalue weighted by molar-refractivity contribution is -0.0526. The Bertz CT molecular complexity index is 280. The normalized spacial score (nSPS) is 46.0. The zero-order valence-electron chi connectivity index (χ0n) is 12.1. The molecule has 0 aromatic carbocycles. The summed E-state index contributed by atoms with van der Waals surface area (Å²) in [5, 5.41) is 0. The molecule has 0 spiro atoms. The molecule has 0 unspecified atom stereocenters. The lowest BCUT2D eigenvalue weighted by Gasteiger charge is -2.42. The first kappa shape index (κ1) is 12.9. The van der Waals surface area contributed by atoms with Gasteiger partial charge in [-0.15, -0.1) is 0 Å². The van der Waals surface area contributed by atoms with Crippen LogP contribution in [0.25, 0.3) is 0 Å². The van der Waals surface area contributed by atoms with E-state index < -0.39 is 0 Å². The van der Waals surface area contributed by atoms with Crippen LogP contribution in [0, 0.1) is 17.8 Å². The van der Waals surface area contributed by atoms with Crippen LogP contribution in [-0.2, 0) is 4.74 Å². The van der Waals surface area contributed by atoms with Gasteiger partial charge in [0, 0.05) is 12.6 Å². The van der Waals surface area contributed by atoms with Gasteiger partial charge in [0.05, 0.1) is 12.8 Å². The summed E-state index contributed by atoms with van der Waals surface area (Å²) in [5.41, 5.74) is 0. The maximum atomic E-state index is 6.27. The van der Waals surface area contributed by atoms with Gasteiger partial charge in [-0.3, -0.25) is 4.90 Å². The van der Waals surface area contributed by atoms with E-state index in [9.17, 15) is 0 Å². The molecule has 2 heteroatoms. The summed E-state index contributed by atoms with van der Waals surface area (Å²) in [4.78, 5) is 2.67. The Hall–Kier alpha value is -0.0800. The van der Waals surface area contributed by atoms with Crippen molar-refractivity contribution in [2.24, 2.45) is 17.8 Å². The summed E-state index contributed by atoms with van der Waals surface area (Å²) in [5.74, 6) is 2.60. The first-order chi connectivity index (χ1) is 8.79. The van der Waals surface area contributed by atoms with Crippen molar-refractivity contribution < 1.29 is 4.74 Å². The zero-order valence-corrected chi connectivity index (χ0v) is 12.1. The van der Waals surface area contributed by atoms with E-state index in [1.54, 1.807) is 0 Å². The standard InChI is InChI=1S/C16H29NO/c1-3-13-8-9-15-12(2)14-6-4-5-7-16(14)18-11-17(15)10-13/h12-16H,3-11H2,1-2H3/t12-,13+,14+,15+,16-/m0/s1. The number of ether oxygens (including phenoxy) is 1. The highest BCUT2D eigenvalue weighted by atomic mass is 16.5. The van der Waals surface area contributed by atoms with Crippen LogP contribution in [0.1, 0.15) is 58.8 Å². The van der Waals surface area contributed by atoms with Gasteiger partial charge in [-0.25, -0.2) is 0 Å². The summed E-state index contributed by atoms with van der Waals surface area (Å²) in [6.45, 7) is 7.03. The zero-order chi connectivity index (χ0) is 12.5. The van der Waals surface area contributed by atoms with Crippen LogP contribution in [0.2, 0.25) is 0 Å². The smallest absolute Gasteiger partial charge is 0.0996 e. The molecule has 5 atom stereocenters. The summed E-state index contributed by atoms with van der Waals surface area (Å²) in [6, 6.07) is 0.806. The van der Waals surface area contributed by atoms with Crippen molar-refractivity contribution in [2.45, 2.75) is 70.9 Å². The van der Waals surface area contributed by atoms with Crippen molar-refractivity contribution in [3.05, 3.63) is 0 Å². The first-order valence-corrected chi connectivity index (χ1v) is 8.15. The van der Waals surface area contributed by atoms with Crippen LogP contribution in [0.3, 0.4) is 0 Å². The number of piperidine rings is 1. The molecule has 0 amide bonds. The molecule has 0 bridgehead atoms. The number of fused-ring (bicyclic) bond motifs is 2. The highest BCUT2D eigenvalue weighted by Gasteiger charge is 2.41. The van der Waals surface area contributed by atoms with Crippen molar-refractivity contribution in [2.75, 3.05) is 13.3 Å². The van der Waals surface area contributed by atoms with Gasteiger partial charge < -0.3 is 4.74 Å². The molecule has 2 nitrogen and oxygen atoms in total. The van der Waals surface area contributed by atoms with E-state index in [4.69, 9.17) is 4.74 Å². The molecular weight excluding hydrogens is 222 g/mol. The lowest BCUT2D eigenvalue weighted by Crippen LogP contribution is -2.47. The van der Waals surface area contributed by atoms with Crippen molar-refractivity contribution in [1.29, 1.82) is 0 Å². The van der Waals surface area contributed by atoms with Gasteiger partial charge in [-0.05, 0) is 43.4 Å². The fourth-order valence-corrected chi connectivity index (χ4v) is 4.64. The topological polar surface area (TPSA) is 12.5 Å². The van der Waals surface area contributed by atoms with Gasteiger partial charge in [-0.2, -0.15) is 0 Å². The molecular formula is C16H29NO. The van der Waals surface area contributed by atoms with E-state index in [1.165, 1.54) is 51.5 Å². The number of rotatable bonds is 1. The predicted molar refractivity (Wildman–Crippen MR) is 74.4 cm³/mol. The van der Waals surface area contributed by atoms with Crippen LogP contribution in [0.5, 0.6) is 0 Å².